The summed E-state index contributed by atoms with van der Waals surface area (Å²) in [6, 6.07) is 4.71. The third kappa shape index (κ3) is 3.76. The summed E-state index contributed by atoms with van der Waals surface area (Å²) in [6.07, 6.45) is 2.13. The summed E-state index contributed by atoms with van der Waals surface area (Å²) in [5.74, 6) is 5.79. The Labute approximate surface area is 129 Å². The molecule has 0 unspecified atom stereocenters. The summed E-state index contributed by atoms with van der Waals surface area (Å²) >= 11 is 0. The average molecular weight is 300 g/mol. The first-order valence-electron chi connectivity index (χ1n) is 7.45. The molecular weight excluding hydrogens is 283 g/mol. The van der Waals surface area contributed by atoms with Crippen LogP contribution in [0.5, 0.6) is 5.75 Å². The normalized spacial score (nSPS) is 18.2. The molecule has 0 atom stereocenters. The van der Waals surface area contributed by atoms with E-state index < -0.39 is 5.82 Å². The maximum atomic E-state index is 14.0. The molecule has 1 aliphatic carbocycles. The Morgan fingerprint density at radius 3 is 2.73 bits per heavy atom. The highest BCUT2D eigenvalue weighted by Gasteiger charge is 2.25. The molecule has 1 aromatic carbocycles. The second kappa shape index (κ2) is 6.79. The lowest BCUT2D eigenvalue weighted by Crippen LogP contribution is -2.36. The lowest BCUT2D eigenvalue weighted by atomic mass is 10.1. The van der Waals surface area contributed by atoms with Crippen LogP contribution in [0.25, 0.3) is 0 Å². The first-order chi connectivity index (χ1) is 10.8. The van der Waals surface area contributed by atoms with Crippen molar-refractivity contribution in [3.8, 4) is 23.7 Å². The van der Waals surface area contributed by atoms with Crippen molar-refractivity contribution in [1.82, 2.24) is 4.90 Å². The van der Waals surface area contributed by atoms with Crippen molar-refractivity contribution in [2.24, 2.45) is 0 Å². The highest BCUT2D eigenvalue weighted by molar-refractivity contribution is 5.50. The van der Waals surface area contributed by atoms with Gasteiger partial charge in [0, 0.05) is 19.2 Å². The van der Waals surface area contributed by atoms with E-state index in [4.69, 9.17) is 14.7 Å². The minimum absolute atomic E-state index is 0.159. The smallest absolute Gasteiger partial charge is 0.140 e. The molecule has 0 spiro atoms. The Kier molecular flexibility index (Phi) is 4.58. The molecule has 1 aliphatic heterocycles. The van der Waals surface area contributed by atoms with Crippen LogP contribution in [-0.4, -0.2) is 43.9 Å². The third-order valence-corrected chi connectivity index (χ3v) is 3.64. The van der Waals surface area contributed by atoms with E-state index in [2.05, 4.69) is 16.7 Å². The molecule has 0 amide bonds. The zero-order valence-electron chi connectivity index (χ0n) is 12.3. The zero-order chi connectivity index (χ0) is 15.4. The van der Waals surface area contributed by atoms with Crippen LogP contribution in [0, 0.1) is 29.0 Å². The van der Waals surface area contributed by atoms with Gasteiger partial charge >= 0.3 is 0 Å². The Hall–Kier alpha value is -2.08. The molecule has 1 saturated heterocycles. The van der Waals surface area contributed by atoms with E-state index in [-0.39, 0.29) is 17.2 Å². The second-order valence-electron chi connectivity index (χ2n) is 5.45. The molecule has 4 nitrogen and oxygen atoms in total. The van der Waals surface area contributed by atoms with Crippen LogP contribution in [0.2, 0.25) is 0 Å². The standard InChI is InChI=1S/C17H17FN2O2/c18-16-10-14(12-19)17(22-15-3-4-15)11-13(16)2-1-5-20-6-8-21-9-7-20/h10-11,15H,3-9H2. The van der Waals surface area contributed by atoms with Gasteiger partial charge in [-0.2, -0.15) is 5.26 Å². The van der Waals surface area contributed by atoms with Crippen LogP contribution >= 0.6 is 0 Å². The van der Waals surface area contributed by atoms with Gasteiger partial charge in [0.15, 0.2) is 0 Å². The summed E-state index contributed by atoms with van der Waals surface area (Å²) in [5, 5.41) is 9.06. The lowest BCUT2D eigenvalue weighted by Gasteiger charge is -2.24. The number of nitrogens with zero attached hydrogens (tertiary/aromatic N) is 2. The van der Waals surface area contributed by atoms with Crippen molar-refractivity contribution >= 4 is 0 Å². The molecule has 1 aromatic rings. The molecular formula is C17H17FN2O2. The van der Waals surface area contributed by atoms with Crippen LogP contribution < -0.4 is 4.74 Å². The van der Waals surface area contributed by atoms with Gasteiger partial charge in [0.1, 0.15) is 17.6 Å². The summed E-state index contributed by atoms with van der Waals surface area (Å²) in [4.78, 5) is 2.17. The first-order valence-corrected chi connectivity index (χ1v) is 7.45. The fraction of sp³-hybridized carbons (Fsp3) is 0.471. The molecule has 3 rings (SSSR count). The monoisotopic (exact) mass is 300 g/mol. The fourth-order valence-corrected chi connectivity index (χ4v) is 2.21. The number of hydrogen-bond acceptors (Lipinski definition) is 4. The van der Waals surface area contributed by atoms with Gasteiger partial charge in [0.05, 0.1) is 37.0 Å². The number of ether oxygens (including phenoxy) is 2. The van der Waals surface area contributed by atoms with Crippen molar-refractivity contribution in [2.45, 2.75) is 18.9 Å². The van der Waals surface area contributed by atoms with Gasteiger partial charge in [-0.3, -0.25) is 4.90 Å². The zero-order valence-corrected chi connectivity index (χ0v) is 12.3. The Balaban J connectivity index is 1.73. The van der Waals surface area contributed by atoms with E-state index in [1.807, 2.05) is 6.07 Å². The van der Waals surface area contributed by atoms with Crippen molar-refractivity contribution < 1.29 is 13.9 Å². The summed E-state index contributed by atoms with van der Waals surface area (Å²) in [5.41, 5.74) is 0.506. The minimum Gasteiger partial charge on any atom is -0.489 e. The fourth-order valence-electron chi connectivity index (χ4n) is 2.21. The van der Waals surface area contributed by atoms with Gasteiger partial charge in [-0.05, 0) is 18.9 Å². The van der Waals surface area contributed by atoms with Gasteiger partial charge < -0.3 is 9.47 Å². The molecule has 0 N–H and O–H groups in total. The number of morpholine rings is 1. The molecule has 1 saturated carbocycles. The molecule has 22 heavy (non-hydrogen) atoms. The van der Waals surface area contributed by atoms with E-state index in [0.29, 0.717) is 25.5 Å². The third-order valence-electron chi connectivity index (χ3n) is 3.64. The van der Waals surface area contributed by atoms with Gasteiger partial charge in [0.25, 0.3) is 0 Å². The number of rotatable bonds is 3. The van der Waals surface area contributed by atoms with Crippen LogP contribution in [0.4, 0.5) is 4.39 Å². The second-order valence-corrected chi connectivity index (χ2v) is 5.45. The number of hydrogen-bond donors (Lipinski definition) is 0. The van der Waals surface area contributed by atoms with Gasteiger partial charge in [0.2, 0.25) is 0 Å². The van der Waals surface area contributed by atoms with E-state index in [9.17, 15) is 4.39 Å². The Morgan fingerprint density at radius 2 is 2.05 bits per heavy atom. The van der Waals surface area contributed by atoms with E-state index in [1.54, 1.807) is 6.07 Å². The Morgan fingerprint density at radius 1 is 1.27 bits per heavy atom. The van der Waals surface area contributed by atoms with Crippen molar-refractivity contribution in [3.63, 3.8) is 0 Å². The largest absolute Gasteiger partial charge is 0.489 e. The first kappa shape index (κ1) is 14.8. The number of nitriles is 1. The average Bonchev–Trinajstić information content (AvgIpc) is 3.35. The molecule has 5 heteroatoms. The highest BCUT2D eigenvalue weighted by atomic mass is 19.1. The molecule has 114 valence electrons. The van der Waals surface area contributed by atoms with Crippen molar-refractivity contribution in [3.05, 3.63) is 29.1 Å². The van der Waals surface area contributed by atoms with E-state index in [0.717, 1.165) is 25.9 Å². The van der Waals surface area contributed by atoms with E-state index >= 15 is 0 Å². The van der Waals surface area contributed by atoms with E-state index in [1.165, 1.54) is 6.07 Å². The van der Waals surface area contributed by atoms with Gasteiger partial charge in [-0.1, -0.05) is 11.8 Å². The summed E-state index contributed by atoms with van der Waals surface area (Å²) in [7, 11) is 0. The molecule has 1 heterocycles. The topological polar surface area (TPSA) is 45.5 Å². The minimum atomic E-state index is -0.478. The molecule has 2 aliphatic rings. The van der Waals surface area contributed by atoms with Crippen LogP contribution in [0.1, 0.15) is 24.0 Å². The summed E-state index contributed by atoms with van der Waals surface area (Å²) < 4.78 is 24.9. The molecule has 0 aromatic heterocycles. The maximum Gasteiger partial charge on any atom is 0.140 e. The molecule has 2 fully saturated rings. The number of halogens is 1. The van der Waals surface area contributed by atoms with Crippen molar-refractivity contribution in [2.75, 3.05) is 32.8 Å². The van der Waals surface area contributed by atoms with Crippen LogP contribution in [0.15, 0.2) is 12.1 Å². The van der Waals surface area contributed by atoms with Crippen LogP contribution in [0.3, 0.4) is 0 Å². The highest BCUT2D eigenvalue weighted by Crippen LogP contribution is 2.30. The SMILES string of the molecule is N#Cc1cc(F)c(C#CCN2CCOCC2)cc1OC1CC1. The van der Waals surface area contributed by atoms with Crippen LogP contribution in [-0.2, 0) is 4.74 Å². The summed E-state index contributed by atoms with van der Waals surface area (Å²) in [6.45, 7) is 3.71. The van der Waals surface area contributed by atoms with Gasteiger partial charge in [-0.25, -0.2) is 4.39 Å². The Bertz CT molecular complexity index is 647. The number of benzene rings is 1. The predicted octanol–water partition coefficient (Wildman–Crippen LogP) is 1.92. The predicted molar refractivity (Wildman–Crippen MR) is 78.9 cm³/mol. The maximum absolute atomic E-state index is 14.0. The van der Waals surface area contributed by atoms with Crippen molar-refractivity contribution in [1.29, 1.82) is 5.26 Å². The lowest BCUT2D eigenvalue weighted by molar-refractivity contribution is 0.0443. The quantitative estimate of drug-likeness (QED) is 0.800. The molecule has 0 radical (unpaired) electrons. The van der Waals surface area contributed by atoms with Gasteiger partial charge in [-0.15, -0.1) is 0 Å². The molecule has 0 bridgehead atoms.